The van der Waals surface area contributed by atoms with E-state index in [4.69, 9.17) is 0 Å². The van der Waals surface area contributed by atoms with Gasteiger partial charge in [0.2, 0.25) is 0 Å². The fraction of sp³-hybridized carbons (Fsp3) is 0.545. The number of likely N-dealkylation sites (tertiary alicyclic amines) is 1. The predicted octanol–water partition coefficient (Wildman–Crippen LogP) is 3.31. The highest BCUT2D eigenvalue weighted by atomic mass is 127. The second-order valence-corrected chi connectivity index (χ2v) is 7.89. The average molecular weight is 510 g/mol. The molecule has 1 aliphatic rings. The van der Waals surface area contributed by atoms with Crippen molar-refractivity contribution in [2.75, 3.05) is 33.7 Å². The van der Waals surface area contributed by atoms with E-state index < -0.39 is 0 Å². The molecule has 2 aromatic rings. The van der Waals surface area contributed by atoms with Gasteiger partial charge in [-0.2, -0.15) is 5.10 Å². The molecular weight excluding hydrogens is 475 g/mol. The van der Waals surface area contributed by atoms with Crippen molar-refractivity contribution in [3.63, 3.8) is 0 Å². The Labute approximate surface area is 192 Å². The van der Waals surface area contributed by atoms with E-state index in [1.165, 1.54) is 11.1 Å². The van der Waals surface area contributed by atoms with Gasteiger partial charge in [-0.25, -0.2) is 0 Å². The third kappa shape index (κ3) is 6.70. The van der Waals surface area contributed by atoms with Crippen molar-refractivity contribution >= 4 is 29.9 Å². The number of hydrogen-bond acceptors (Lipinski definition) is 3. The van der Waals surface area contributed by atoms with Gasteiger partial charge in [0.15, 0.2) is 5.96 Å². The third-order valence-electron chi connectivity index (χ3n) is 5.77. The van der Waals surface area contributed by atoms with E-state index in [1.807, 2.05) is 25.0 Å². The Morgan fingerprint density at radius 1 is 1.34 bits per heavy atom. The topological polar surface area (TPSA) is 48.7 Å². The van der Waals surface area contributed by atoms with Crippen molar-refractivity contribution < 1.29 is 0 Å². The molecule has 2 unspecified atom stereocenters. The standard InChI is InChI=1S/C22H34N6.HI/c1-18(26(3)15-19-8-6-5-7-9-19)10-12-24-22(23-2)28-13-11-20(17-28)21-14-25-27(4)16-21;/h5-9,14,16,18,20H,10-13,15,17H2,1-4H3,(H,23,24);1H. The molecule has 0 bridgehead atoms. The Balaban J connectivity index is 0.00000300. The van der Waals surface area contributed by atoms with Gasteiger partial charge in [-0.05, 0) is 37.9 Å². The summed E-state index contributed by atoms with van der Waals surface area (Å²) in [6.07, 6.45) is 6.37. The lowest BCUT2D eigenvalue weighted by Gasteiger charge is -2.26. The van der Waals surface area contributed by atoms with Crippen molar-refractivity contribution in [1.82, 2.24) is 24.9 Å². The normalized spacial score (nSPS) is 18.0. The highest BCUT2D eigenvalue weighted by molar-refractivity contribution is 14.0. The summed E-state index contributed by atoms with van der Waals surface area (Å²) in [7, 11) is 6.06. The smallest absolute Gasteiger partial charge is 0.193 e. The van der Waals surface area contributed by atoms with Crippen LogP contribution in [0.15, 0.2) is 47.7 Å². The summed E-state index contributed by atoms with van der Waals surface area (Å²) in [6, 6.07) is 11.2. The van der Waals surface area contributed by atoms with Gasteiger partial charge in [0, 0.05) is 58.4 Å². The minimum atomic E-state index is 0. The van der Waals surface area contributed by atoms with Crippen LogP contribution in [0.1, 0.15) is 36.8 Å². The van der Waals surface area contributed by atoms with E-state index in [9.17, 15) is 0 Å². The molecule has 0 radical (unpaired) electrons. The maximum atomic E-state index is 4.51. The first-order valence-electron chi connectivity index (χ1n) is 10.2. The van der Waals surface area contributed by atoms with E-state index in [2.05, 4.69) is 75.7 Å². The van der Waals surface area contributed by atoms with Crippen LogP contribution in [-0.4, -0.2) is 65.3 Å². The van der Waals surface area contributed by atoms with Crippen LogP contribution in [0, 0.1) is 0 Å². The molecule has 2 atom stereocenters. The van der Waals surface area contributed by atoms with Crippen molar-refractivity contribution in [1.29, 1.82) is 0 Å². The predicted molar refractivity (Wildman–Crippen MR) is 131 cm³/mol. The fourth-order valence-electron chi connectivity index (χ4n) is 3.85. The minimum absolute atomic E-state index is 0. The number of guanidine groups is 1. The molecule has 0 saturated carbocycles. The average Bonchev–Trinajstić information content (AvgIpc) is 3.35. The molecule has 0 amide bonds. The summed E-state index contributed by atoms with van der Waals surface area (Å²) in [5.74, 6) is 1.56. The van der Waals surface area contributed by atoms with Gasteiger partial charge >= 0.3 is 0 Å². The van der Waals surface area contributed by atoms with Gasteiger partial charge < -0.3 is 10.2 Å². The molecule has 0 spiro atoms. The zero-order chi connectivity index (χ0) is 19.9. The Morgan fingerprint density at radius 3 is 2.76 bits per heavy atom. The van der Waals surface area contributed by atoms with Crippen LogP contribution in [0.3, 0.4) is 0 Å². The molecule has 1 saturated heterocycles. The summed E-state index contributed by atoms with van der Waals surface area (Å²) in [4.78, 5) is 9.29. The van der Waals surface area contributed by atoms with Crippen LogP contribution in [0.25, 0.3) is 0 Å². The molecule has 3 rings (SSSR count). The number of benzene rings is 1. The van der Waals surface area contributed by atoms with Crippen molar-refractivity contribution in [2.24, 2.45) is 12.0 Å². The second kappa shape index (κ2) is 11.5. The first-order chi connectivity index (χ1) is 13.6. The number of aromatic nitrogens is 2. The molecule has 1 aromatic carbocycles. The summed E-state index contributed by atoms with van der Waals surface area (Å²) >= 11 is 0. The van der Waals surface area contributed by atoms with Crippen LogP contribution in [-0.2, 0) is 13.6 Å². The van der Waals surface area contributed by atoms with Gasteiger partial charge in [-0.15, -0.1) is 24.0 Å². The number of rotatable bonds is 7. The van der Waals surface area contributed by atoms with Crippen LogP contribution < -0.4 is 5.32 Å². The molecule has 7 heteroatoms. The molecule has 29 heavy (non-hydrogen) atoms. The Bertz CT molecular complexity index is 760. The number of nitrogens with zero attached hydrogens (tertiary/aromatic N) is 5. The highest BCUT2D eigenvalue weighted by Gasteiger charge is 2.26. The van der Waals surface area contributed by atoms with Gasteiger partial charge in [0.25, 0.3) is 0 Å². The number of aryl methyl sites for hydroxylation is 1. The lowest BCUT2D eigenvalue weighted by atomic mass is 10.0. The van der Waals surface area contributed by atoms with Gasteiger partial charge in [-0.3, -0.25) is 14.6 Å². The zero-order valence-corrected chi connectivity index (χ0v) is 20.4. The van der Waals surface area contributed by atoms with Crippen molar-refractivity contribution in [3.8, 4) is 0 Å². The lowest BCUT2D eigenvalue weighted by Crippen LogP contribution is -2.42. The van der Waals surface area contributed by atoms with E-state index in [0.717, 1.165) is 45.0 Å². The summed E-state index contributed by atoms with van der Waals surface area (Å²) in [5.41, 5.74) is 2.69. The molecule has 2 heterocycles. The number of hydrogen-bond donors (Lipinski definition) is 1. The summed E-state index contributed by atoms with van der Waals surface area (Å²) in [6.45, 7) is 6.26. The first-order valence-corrected chi connectivity index (χ1v) is 10.2. The number of halogens is 1. The maximum absolute atomic E-state index is 4.51. The monoisotopic (exact) mass is 510 g/mol. The van der Waals surface area contributed by atoms with Crippen LogP contribution in [0.2, 0.25) is 0 Å². The highest BCUT2D eigenvalue weighted by Crippen LogP contribution is 2.26. The molecule has 1 N–H and O–H groups in total. The zero-order valence-electron chi connectivity index (χ0n) is 18.1. The van der Waals surface area contributed by atoms with E-state index in [-0.39, 0.29) is 24.0 Å². The second-order valence-electron chi connectivity index (χ2n) is 7.89. The number of aliphatic imine (C=N–C) groups is 1. The van der Waals surface area contributed by atoms with E-state index >= 15 is 0 Å². The summed E-state index contributed by atoms with van der Waals surface area (Å²) < 4.78 is 1.89. The molecule has 1 fully saturated rings. The van der Waals surface area contributed by atoms with Gasteiger partial charge in [-0.1, -0.05) is 30.3 Å². The molecule has 160 valence electrons. The Kier molecular flexibility index (Phi) is 9.42. The molecule has 1 aromatic heterocycles. The molecule has 1 aliphatic heterocycles. The molecular formula is C22H35IN6. The first kappa shape index (κ1) is 23.7. The SMILES string of the molecule is CN=C(NCCC(C)N(C)Cc1ccccc1)N1CCC(c2cnn(C)c2)C1.I. The molecule has 0 aliphatic carbocycles. The molecule has 6 nitrogen and oxygen atoms in total. The summed E-state index contributed by atoms with van der Waals surface area (Å²) in [5, 5.41) is 7.88. The third-order valence-corrected chi connectivity index (χ3v) is 5.77. The van der Waals surface area contributed by atoms with Crippen molar-refractivity contribution in [3.05, 3.63) is 53.9 Å². The maximum Gasteiger partial charge on any atom is 0.193 e. The largest absolute Gasteiger partial charge is 0.356 e. The van der Waals surface area contributed by atoms with E-state index in [0.29, 0.717) is 12.0 Å². The Morgan fingerprint density at radius 2 is 2.10 bits per heavy atom. The van der Waals surface area contributed by atoms with Crippen LogP contribution in [0.5, 0.6) is 0 Å². The lowest BCUT2D eigenvalue weighted by molar-refractivity contribution is 0.238. The van der Waals surface area contributed by atoms with Crippen LogP contribution >= 0.6 is 24.0 Å². The van der Waals surface area contributed by atoms with Crippen LogP contribution in [0.4, 0.5) is 0 Å². The fourth-order valence-corrected chi connectivity index (χ4v) is 3.85. The quantitative estimate of drug-likeness (QED) is 0.353. The van der Waals surface area contributed by atoms with Crippen molar-refractivity contribution in [2.45, 2.75) is 38.3 Å². The van der Waals surface area contributed by atoms with Gasteiger partial charge in [0.05, 0.1) is 6.20 Å². The Hall–Kier alpha value is -1.61. The number of nitrogens with one attached hydrogen (secondary N) is 1. The van der Waals surface area contributed by atoms with Gasteiger partial charge in [0.1, 0.15) is 0 Å². The van der Waals surface area contributed by atoms with E-state index in [1.54, 1.807) is 0 Å². The minimum Gasteiger partial charge on any atom is -0.356 e.